The van der Waals surface area contributed by atoms with Crippen LogP contribution in [0.2, 0.25) is 0 Å². The lowest BCUT2D eigenvalue weighted by Gasteiger charge is -2.16. The van der Waals surface area contributed by atoms with Crippen molar-refractivity contribution in [1.82, 2.24) is 4.90 Å². The van der Waals surface area contributed by atoms with Gasteiger partial charge >= 0.3 is 0 Å². The molecular weight excluding hydrogens is 230 g/mol. The Bertz CT molecular complexity index is 368. The summed E-state index contributed by atoms with van der Waals surface area (Å²) >= 11 is 0. The van der Waals surface area contributed by atoms with Gasteiger partial charge in [-0.25, -0.2) is 8.78 Å². The Balaban J connectivity index is 2.40. The fraction of sp³-hybridized carbons (Fsp3) is 0.364. The Morgan fingerprint density at radius 2 is 2.00 bits per heavy atom. The van der Waals surface area contributed by atoms with E-state index in [-0.39, 0.29) is 6.61 Å². The van der Waals surface area contributed by atoms with Crippen molar-refractivity contribution >= 4 is 11.6 Å². The molecule has 0 spiro atoms. The summed E-state index contributed by atoms with van der Waals surface area (Å²) in [7, 11) is 1.31. The summed E-state index contributed by atoms with van der Waals surface area (Å²) in [6, 6.07) is 6.47. The minimum Gasteiger partial charge on any atom is -0.484 e. The van der Waals surface area contributed by atoms with E-state index in [0.717, 1.165) is 4.90 Å². The van der Waals surface area contributed by atoms with Crippen molar-refractivity contribution < 1.29 is 18.3 Å². The second kappa shape index (κ2) is 6.03. The monoisotopic (exact) mass is 244 g/mol. The maximum Gasteiger partial charge on any atom is 0.260 e. The number of anilines is 1. The number of nitrogen functional groups attached to an aromatic ring is 1. The van der Waals surface area contributed by atoms with Crippen molar-refractivity contribution in [1.29, 1.82) is 0 Å². The van der Waals surface area contributed by atoms with E-state index in [2.05, 4.69) is 0 Å². The average molecular weight is 244 g/mol. The SMILES string of the molecule is CN(CC(F)F)C(=O)COc1ccc(N)cc1. The summed E-state index contributed by atoms with van der Waals surface area (Å²) in [5.41, 5.74) is 6.05. The van der Waals surface area contributed by atoms with Crippen molar-refractivity contribution in [3.8, 4) is 5.75 Å². The quantitative estimate of drug-likeness (QED) is 0.796. The highest BCUT2D eigenvalue weighted by atomic mass is 19.3. The zero-order chi connectivity index (χ0) is 12.8. The van der Waals surface area contributed by atoms with Gasteiger partial charge in [0.25, 0.3) is 12.3 Å². The maximum atomic E-state index is 12.0. The molecule has 0 bridgehead atoms. The molecule has 1 rings (SSSR count). The van der Waals surface area contributed by atoms with E-state index >= 15 is 0 Å². The molecule has 0 saturated carbocycles. The lowest BCUT2D eigenvalue weighted by atomic mass is 10.3. The largest absolute Gasteiger partial charge is 0.484 e. The zero-order valence-electron chi connectivity index (χ0n) is 9.40. The Morgan fingerprint density at radius 1 is 1.41 bits per heavy atom. The maximum absolute atomic E-state index is 12.0. The lowest BCUT2D eigenvalue weighted by Crippen LogP contribution is -2.34. The van der Waals surface area contributed by atoms with Crippen LogP contribution in [0.3, 0.4) is 0 Å². The van der Waals surface area contributed by atoms with Crippen LogP contribution in [0.5, 0.6) is 5.75 Å². The first kappa shape index (κ1) is 13.2. The number of nitrogens with two attached hydrogens (primary N) is 1. The Morgan fingerprint density at radius 3 is 2.53 bits per heavy atom. The van der Waals surface area contributed by atoms with Crippen LogP contribution in [0.25, 0.3) is 0 Å². The van der Waals surface area contributed by atoms with Crippen molar-refractivity contribution in [2.75, 3.05) is 25.9 Å². The summed E-state index contributed by atoms with van der Waals surface area (Å²) in [6.07, 6.45) is -2.54. The van der Waals surface area contributed by atoms with Gasteiger partial charge in [-0.15, -0.1) is 0 Å². The molecule has 2 N–H and O–H groups in total. The third kappa shape index (κ3) is 4.67. The first-order valence-electron chi connectivity index (χ1n) is 4.99. The molecule has 4 nitrogen and oxygen atoms in total. The Labute approximate surface area is 98.0 Å². The van der Waals surface area contributed by atoms with E-state index in [1.807, 2.05) is 0 Å². The lowest BCUT2D eigenvalue weighted by molar-refractivity contribution is -0.133. The number of hydrogen-bond acceptors (Lipinski definition) is 3. The van der Waals surface area contributed by atoms with Crippen LogP contribution in [0.1, 0.15) is 0 Å². The van der Waals surface area contributed by atoms with Crippen LogP contribution in [0, 0.1) is 0 Å². The standard InChI is InChI=1S/C11H14F2N2O2/c1-15(6-10(12)13)11(16)7-17-9-4-2-8(14)3-5-9/h2-5,10H,6-7,14H2,1H3. The van der Waals surface area contributed by atoms with E-state index in [4.69, 9.17) is 10.5 Å². The van der Waals surface area contributed by atoms with Crippen LogP contribution in [0.4, 0.5) is 14.5 Å². The van der Waals surface area contributed by atoms with Crippen LogP contribution >= 0.6 is 0 Å². The normalized spacial score (nSPS) is 10.4. The Hall–Kier alpha value is -1.85. The van der Waals surface area contributed by atoms with Gasteiger partial charge in [0.2, 0.25) is 0 Å². The number of halogens is 2. The second-order valence-electron chi connectivity index (χ2n) is 3.52. The van der Waals surface area contributed by atoms with E-state index in [1.54, 1.807) is 24.3 Å². The molecule has 0 fully saturated rings. The predicted molar refractivity (Wildman–Crippen MR) is 60.0 cm³/mol. The minimum atomic E-state index is -2.54. The molecule has 0 saturated heterocycles. The van der Waals surface area contributed by atoms with Gasteiger partial charge in [-0.05, 0) is 24.3 Å². The molecule has 0 aliphatic carbocycles. The van der Waals surface area contributed by atoms with Crippen LogP contribution in [-0.4, -0.2) is 37.4 Å². The smallest absolute Gasteiger partial charge is 0.260 e. The van der Waals surface area contributed by atoms with Crippen molar-refractivity contribution in [3.05, 3.63) is 24.3 Å². The molecule has 0 aromatic heterocycles. The molecule has 6 heteroatoms. The molecule has 1 amide bonds. The van der Waals surface area contributed by atoms with Gasteiger partial charge in [-0.2, -0.15) is 0 Å². The molecule has 17 heavy (non-hydrogen) atoms. The number of benzene rings is 1. The fourth-order valence-electron chi connectivity index (χ4n) is 1.13. The first-order valence-corrected chi connectivity index (χ1v) is 4.99. The van der Waals surface area contributed by atoms with Gasteiger partial charge in [0, 0.05) is 12.7 Å². The number of rotatable bonds is 5. The van der Waals surface area contributed by atoms with Crippen LogP contribution in [-0.2, 0) is 4.79 Å². The van der Waals surface area contributed by atoms with Crippen LogP contribution in [0.15, 0.2) is 24.3 Å². The van der Waals surface area contributed by atoms with Gasteiger partial charge in [-0.1, -0.05) is 0 Å². The van der Waals surface area contributed by atoms with E-state index < -0.39 is 18.9 Å². The molecule has 0 unspecified atom stereocenters. The second-order valence-corrected chi connectivity index (χ2v) is 3.52. The summed E-state index contributed by atoms with van der Waals surface area (Å²) in [5.74, 6) is -0.0277. The minimum absolute atomic E-state index is 0.271. The van der Waals surface area contributed by atoms with E-state index in [9.17, 15) is 13.6 Å². The molecule has 94 valence electrons. The predicted octanol–water partition coefficient (Wildman–Crippen LogP) is 1.37. The molecule has 0 heterocycles. The highest BCUT2D eigenvalue weighted by Gasteiger charge is 2.14. The third-order valence-electron chi connectivity index (χ3n) is 2.08. The van der Waals surface area contributed by atoms with Gasteiger partial charge in [0.15, 0.2) is 6.61 Å². The molecule has 0 radical (unpaired) electrons. The number of carbonyl (C=O) groups is 1. The summed E-state index contributed by atoms with van der Waals surface area (Å²) in [4.78, 5) is 12.3. The number of amides is 1. The third-order valence-corrected chi connectivity index (χ3v) is 2.08. The van der Waals surface area contributed by atoms with Gasteiger partial charge in [0.1, 0.15) is 5.75 Å². The molecule has 1 aromatic rings. The highest BCUT2D eigenvalue weighted by Crippen LogP contribution is 2.13. The number of nitrogens with zero attached hydrogens (tertiary/aromatic N) is 1. The molecular formula is C11H14F2N2O2. The number of likely N-dealkylation sites (N-methyl/N-ethyl adjacent to an activating group) is 1. The van der Waals surface area contributed by atoms with Crippen molar-refractivity contribution in [2.24, 2.45) is 0 Å². The average Bonchev–Trinajstić information content (AvgIpc) is 2.27. The summed E-state index contributed by atoms with van der Waals surface area (Å²) in [5, 5.41) is 0. The number of alkyl halides is 2. The molecule has 1 aromatic carbocycles. The molecule has 0 atom stereocenters. The Kier molecular flexibility index (Phi) is 4.68. The highest BCUT2D eigenvalue weighted by molar-refractivity contribution is 5.77. The number of ether oxygens (including phenoxy) is 1. The number of hydrogen-bond donors (Lipinski definition) is 1. The number of carbonyl (C=O) groups excluding carboxylic acids is 1. The van der Waals surface area contributed by atoms with Gasteiger partial charge in [-0.3, -0.25) is 4.79 Å². The summed E-state index contributed by atoms with van der Waals surface area (Å²) in [6.45, 7) is -0.864. The van der Waals surface area contributed by atoms with E-state index in [1.165, 1.54) is 7.05 Å². The van der Waals surface area contributed by atoms with Crippen molar-refractivity contribution in [3.63, 3.8) is 0 Å². The fourth-order valence-corrected chi connectivity index (χ4v) is 1.13. The van der Waals surface area contributed by atoms with Gasteiger partial charge < -0.3 is 15.4 Å². The zero-order valence-corrected chi connectivity index (χ0v) is 9.40. The molecule has 0 aliphatic heterocycles. The van der Waals surface area contributed by atoms with E-state index in [0.29, 0.717) is 11.4 Å². The summed E-state index contributed by atoms with van der Waals surface area (Å²) < 4.78 is 29.1. The molecule has 0 aliphatic rings. The van der Waals surface area contributed by atoms with Crippen LogP contribution < -0.4 is 10.5 Å². The first-order chi connectivity index (χ1) is 7.99. The van der Waals surface area contributed by atoms with Crippen molar-refractivity contribution in [2.45, 2.75) is 6.43 Å². The topological polar surface area (TPSA) is 55.6 Å². The van der Waals surface area contributed by atoms with Gasteiger partial charge in [0.05, 0.1) is 6.54 Å².